The minimum atomic E-state index is -0.339. The highest BCUT2D eigenvalue weighted by Gasteiger charge is 2.09. The molecule has 0 amide bonds. The number of hydrogen-bond acceptors (Lipinski definition) is 5. The van der Waals surface area contributed by atoms with E-state index in [1.165, 1.54) is 7.11 Å². The molecule has 6 nitrogen and oxygen atoms in total. The highest BCUT2D eigenvalue weighted by Crippen LogP contribution is 2.15. The topological polar surface area (TPSA) is 59.4 Å². The summed E-state index contributed by atoms with van der Waals surface area (Å²) in [6, 6.07) is 7.24. The van der Waals surface area contributed by atoms with Crippen LogP contribution in [0.2, 0.25) is 0 Å². The largest absolute Gasteiger partial charge is 0.465 e. The molecular weight excluding hydrogens is 268 g/mol. The number of ether oxygens (including phenoxy) is 1. The van der Waals surface area contributed by atoms with Gasteiger partial charge in [0, 0.05) is 26.8 Å². The Morgan fingerprint density at radius 2 is 2.19 bits per heavy atom. The number of carbonyl (C=O) groups is 1. The normalized spacial score (nSPS) is 10.3. The summed E-state index contributed by atoms with van der Waals surface area (Å²) in [6.45, 7) is 0.627. The molecule has 0 aliphatic heterocycles. The second-order valence-corrected chi connectivity index (χ2v) is 4.93. The molecule has 0 unspecified atom stereocenters. The lowest BCUT2D eigenvalue weighted by Crippen LogP contribution is -2.15. The Morgan fingerprint density at radius 3 is 2.81 bits per heavy atom. The van der Waals surface area contributed by atoms with Gasteiger partial charge in [-0.1, -0.05) is 6.07 Å². The van der Waals surface area contributed by atoms with E-state index in [2.05, 4.69) is 10.3 Å². The van der Waals surface area contributed by atoms with Gasteiger partial charge in [0.2, 0.25) is 5.95 Å². The monoisotopic (exact) mass is 288 g/mol. The van der Waals surface area contributed by atoms with Gasteiger partial charge in [-0.05, 0) is 18.2 Å². The Hall–Kier alpha value is -2.50. The third kappa shape index (κ3) is 3.34. The molecule has 21 heavy (non-hydrogen) atoms. The lowest BCUT2D eigenvalue weighted by molar-refractivity contribution is 0.0601. The smallest absolute Gasteiger partial charge is 0.337 e. The average Bonchev–Trinajstić information content (AvgIpc) is 2.85. The van der Waals surface area contributed by atoms with E-state index in [4.69, 9.17) is 4.74 Å². The standard InChI is InChI=1S/C15H20N4O2/c1-18(2)15-17-10-13(19(15)3)9-16-12-7-5-6-11(8-12)14(20)21-4/h5-8,10,16H,9H2,1-4H3. The minimum absolute atomic E-state index is 0.339. The number of carbonyl (C=O) groups excluding carboxylic acids is 1. The van der Waals surface area contributed by atoms with Gasteiger partial charge in [0.15, 0.2) is 0 Å². The van der Waals surface area contributed by atoms with Crippen LogP contribution in [-0.2, 0) is 18.3 Å². The number of imidazole rings is 1. The van der Waals surface area contributed by atoms with Crippen molar-refractivity contribution in [3.63, 3.8) is 0 Å². The summed E-state index contributed by atoms with van der Waals surface area (Å²) in [4.78, 5) is 17.8. The number of anilines is 2. The van der Waals surface area contributed by atoms with E-state index in [0.717, 1.165) is 17.3 Å². The van der Waals surface area contributed by atoms with Gasteiger partial charge in [-0.15, -0.1) is 0 Å². The molecule has 1 aromatic carbocycles. The molecule has 0 saturated carbocycles. The van der Waals surface area contributed by atoms with Crippen LogP contribution in [0, 0.1) is 0 Å². The molecule has 0 spiro atoms. The zero-order valence-electron chi connectivity index (χ0n) is 12.8. The number of benzene rings is 1. The van der Waals surface area contributed by atoms with Crippen LogP contribution in [0.25, 0.3) is 0 Å². The molecular formula is C15H20N4O2. The SMILES string of the molecule is COC(=O)c1cccc(NCc2cnc(N(C)C)n2C)c1. The van der Waals surface area contributed by atoms with E-state index in [1.807, 2.05) is 48.9 Å². The van der Waals surface area contributed by atoms with Gasteiger partial charge in [-0.3, -0.25) is 0 Å². The molecule has 1 heterocycles. The average molecular weight is 288 g/mol. The molecule has 0 fully saturated rings. The number of rotatable bonds is 5. The van der Waals surface area contributed by atoms with E-state index in [9.17, 15) is 4.79 Å². The van der Waals surface area contributed by atoms with Crippen LogP contribution in [0.3, 0.4) is 0 Å². The number of nitrogens with zero attached hydrogens (tertiary/aromatic N) is 3. The molecule has 6 heteroatoms. The molecule has 0 aliphatic carbocycles. The van der Waals surface area contributed by atoms with Gasteiger partial charge in [0.1, 0.15) is 0 Å². The lowest BCUT2D eigenvalue weighted by atomic mass is 10.2. The molecule has 1 aromatic heterocycles. The molecule has 0 radical (unpaired) electrons. The fraction of sp³-hybridized carbons (Fsp3) is 0.333. The first-order valence-electron chi connectivity index (χ1n) is 6.63. The first-order valence-corrected chi connectivity index (χ1v) is 6.63. The van der Waals surface area contributed by atoms with E-state index >= 15 is 0 Å². The summed E-state index contributed by atoms with van der Waals surface area (Å²) in [6.07, 6.45) is 1.84. The molecule has 0 atom stereocenters. The van der Waals surface area contributed by atoms with Gasteiger partial charge >= 0.3 is 5.97 Å². The molecule has 0 saturated heterocycles. The Kier molecular flexibility index (Phi) is 4.47. The molecule has 2 rings (SSSR count). The van der Waals surface area contributed by atoms with Gasteiger partial charge in [-0.25, -0.2) is 9.78 Å². The Morgan fingerprint density at radius 1 is 1.43 bits per heavy atom. The van der Waals surface area contributed by atoms with Crippen LogP contribution >= 0.6 is 0 Å². The Labute approximate surface area is 124 Å². The zero-order valence-corrected chi connectivity index (χ0v) is 12.8. The number of hydrogen-bond donors (Lipinski definition) is 1. The zero-order chi connectivity index (χ0) is 15.4. The van der Waals surface area contributed by atoms with Gasteiger partial charge in [-0.2, -0.15) is 0 Å². The summed E-state index contributed by atoms with van der Waals surface area (Å²) in [5.74, 6) is 0.559. The van der Waals surface area contributed by atoms with Crippen molar-refractivity contribution in [3.8, 4) is 0 Å². The van der Waals surface area contributed by atoms with Crippen molar-refractivity contribution in [1.82, 2.24) is 9.55 Å². The quantitative estimate of drug-likeness (QED) is 0.851. The third-order valence-electron chi connectivity index (χ3n) is 3.22. The van der Waals surface area contributed by atoms with Crippen LogP contribution in [0.4, 0.5) is 11.6 Å². The minimum Gasteiger partial charge on any atom is -0.465 e. The second kappa shape index (κ2) is 6.30. The van der Waals surface area contributed by atoms with Crippen LogP contribution < -0.4 is 10.2 Å². The first-order chi connectivity index (χ1) is 10.0. The van der Waals surface area contributed by atoms with Crippen LogP contribution in [0.1, 0.15) is 16.1 Å². The van der Waals surface area contributed by atoms with E-state index < -0.39 is 0 Å². The van der Waals surface area contributed by atoms with Crippen molar-refractivity contribution in [1.29, 1.82) is 0 Å². The number of aromatic nitrogens is 2. The maximum Gasteiger partial charge on any atom is 0.337 e. The predicted octanol–water partition coefficient (Wildman–Crippen LogP) is 1.88. The number of nitrogens with one attached hydrogen (secondary N) is 1. The molecule has 112 valence electrons. The van der Waals surface area contributed by atoms with Crippen LogP contribution in [0.15, 0.2) is 30.5 Å². The summed E-state index contributed by atoms with van der Waals surface area (Å²) in [7, 11) is 7.27. The Bertz CT molecular complexity index is 634. The van der Waals surface area contributed by atoms with Crippen LogP contribution in [-0.4, -0.2) is 36.7 Å². The first kappa shape index (κ1) is 14.9. The highest BCUT2D eigenvalue weighted by molar-refractivity contribution is 5.90. The van der Waals surface area contributed by atoms with Crippen molar-refractivity contribution in [3.05, 3.63) is 41.7 Å². The third-order valence-corrected chi connectivity index (χ3v) is 3.22. The van der Waals surface area contributed by atoms with Crippen molar-refractivity contribution < 1.29 is 9.53 Å². The predicted molar refractivity (Wildman–Crippen MR) is 82.6 cm³/mol. The Balaban J connectivity index is 2.08. The molecule has 1 N–H and O–H groups in total. The summed E-state index contributed by atoms with van der Waals surface area (Å²) >= 11 is 0. The van der Waals surface area contributed by atoms with Gasteiger partial charge < -0.3 is 19.5 Å². The van der Waals surface area contributed by atoms with E-state index in [1.54, 1.807) is 12.1 Å². The molecule has 2 aromatic rings. The van der Waals surface area contributed by atoms with Gasteiger partial charge in [0.05, 0.1) is 31.1 Å². The highest BCUT2D eigenvalue weighted by atomic mass is 16.5. The summed E-state index contributed by atoms with van der Waals surface area (Å²) in [5, 5.41) is 3.29. The number of esters is 1. The van der Waals surface area contributed by atoms with Crippen molar-refractivity contribution >= 4 is 17.6 Å². The van der Waals surface area contributed by atoms with Gasteiger partial charge in [0.25, 0.3) is 0 Å². The summed E-state index contributed by atoms with van der Waals surface area (Å²) in [5.41, 5.74) is 2.45. The number of methoxy groups -OCH3 is 1. The second-order valence-electron chi connectivity index (χ2n) is 4.93. The molecule has 0 bridgehead atoms. The summed E-state index contributed by atoms with van der Waals surface area (Å²) < 4.78 is 6.74. The van der Waals surface area contributed by atoms with Crippen LogP contribution in [0.5, 0.6) is 0 Å². The fourth-order valence-electron chi connectivity index (χ4n) is 2.08. The van der Waals surface area contributed by atoms with Crippen molar-refractivity contribution in [2.45, 2.75) is 6.54 Å². The van der Waals surface area contributed by atoms with Crippen molar-refractivity contribution in [2.75, 3.05) is 31.4 Å². The molecule has 0 aliphatic rings. The van der Waals surface area contributed by atoms with E-state index in [-0.39, 0.29) is 5.97 Å². The maximum absolute atomic E-state index is 11.5. The maximum atomic E-state index is 11.5. The lowest BCUT2D eigenvalue weighted by Gasteiger charge is -2.13. The fourth-order valence-corrected chi connectivity index (χ4v) is 2.08. The van der Waals surface area contributed by atoms with E-state index in [0.29, 0.717) is 12.1 Å². The van der Waals surface area contributed by atoms with Crippen molar-refractivity contribution in [2.24, 2.45) is 7.05 Å².